The van der Waals surface area contributed by atoms with E-state index in [4.69, 9.17) is 4.74 Å². The van der Waals surface area contributed by atoms with Gasteiger partial charge in [-0.25, -0.2) is 14.3 Å². The minimum absolute atomic E-state index is 0.309. The van der Waals surface area contributed by atoms with Gasteiger partial charge in [-0.3, -0.25) is 14.2 Å². The third kappa shape index (κ3) is 3.28. The molecule has 1 atom stereocenters. The maximum Gasteiger partial charge on any atom is 0.333 e. The molecule has 0 fully saturated rings. The molecule has 28 heavy (non-hydrogen) atoms. The van der Waals surface area contributed by atoms with Gasteiger partial charge in [-0.2, -0.15) is 0 Å². The summed E-state index contributed by atoms with van der Waals surface area (Å²) in [6.07, 6.45) is 0. The number of benzene rings is 1. The Bertz CT molecular complexity index is 1190. The number of pyridine rings is 1. The third-order valence-corrected chi connectivity index (χ3v) is 4.67. The lowest BCUT2D eigenvalue weighted by molar-refractivity contribution is -0.119. The lowest BCUT2D eigenvalue weighted by Gasteiger charge is -2.17. The fraction of sp³-hybridized carbons (Fsp3) is 0.300. The molecule has 0 saturated heterocycles. The van der Waals surface area contributed by atoms with Crippen LogP contribution >= 0.6 is 0 Å². The number of aryl methyl sites for hydroxylation is 3. The number of nitrogens with one attached hydrogen (secondary N) is 1. The van der Waals surface area contributed by atoms with E-state index in [9.17, 15) is 14.4 Å². The van der Waals surface area contributed by atoms with E-state index in [-0.39, 0.29) is 0 Å². The standard InChI is InChI=1S/C20H22N4O4/c1-11-9-12(2)21-17-16(11)19(26)24(20(27)23(17)4)13(3)18(25)22-14-7-6-8-15(10-14)28-5/h6-10,13H,1-5H3,(H,22,25)/t13-/m0/s1. The van der Waals surface area contributed by atoms with Gasteiger partial charge in [-0.05, 0) is 44.5 Å². The molecule has 146 valence electrons. The van der Waals surface area contributed by atoms with Crippen molar-refractivity contribution in [1.29, 1.82) is 0 Å². The molecule has 0 aliphatic heterocycles. The van der Waals surface area contributed by atoms with E-state index in [2.05, 4.69) is 10.3 Å². The highest BCUT2D eigenvalue weighted by atomic mass is 16.5. The first kappa shape index (κ1) is 19.3. The molecule has 3 aromatic rings. The van der Waals surface area contributed by atoms with E-state index in [0.717, 1.165) is 4.57 Å². The topological polar surface area (TPSA) is 95.2 Å². The van der Waals surface area contributed by atoms with Crippen molar-refractivity contribution in [3.8, 4) is 5.75 Å². The zero-order chi connectivity index (χ0) is 20.6. The van der Waals surface area contributed by atoms with Crippen LogP contribution in [-0.4, -0.2) is 27.1 Å². The second kappa shape index (κ2) is 7.30. The Hall–Kier alpha value is -3.42. The van der Waals surface area contributed by atoms with Gasteiger partial charge in [0.1, 0.15) is 17.4 Å². The number of carbonyl (C=O) groups excluding carboxylic acids is 1. The predicted molar refractivity (Wildman–Crippen MR) is 107 cm³/mol. The van der Waals surface area contributed by atoms with Crippen molar-refractivity contribution < 1.29 is 9.53 Å². The molecule has 2 heterocycles. The van der Waals surface area contributed by atoms with Crippen LogP contribution in [0.3, 0.4) is 0 Å². The van der Waals surface area contributed by atoms with Crippen LogP contribution in [0.1, 0.15) is 24.2 Å². The predicted octanol–water partition coefficient (Wildman–Crippen LogP) is 1.92. The minimum Gasteiger partial charge on any atom is -0.497 e. The van der Waals surface area contributed by atoms with Crippen molar-refractivity contribution in [3.05, 3.63) is 62.4 Å². The lowest BCUT2D eigenvalue weighted by Crippen LogP contribution is -2.44. The van der Waals surface area contributed by atoms with Crippen molar-refractivity contribution in [2.75, 3.05) is 12.4 Å². The van der Waals surface area contributed by atoms with E-state index in [1.165, 1.54) is 18.6 Å². The molecule has 1 N–H and O–H groups in total. The van der Waals surface area contributed by atoms with Crippen LogP contribution < -0.4 is 21.3 Å². The molecule has 3 rings (SSSR count). The van der Waals surface area contributed by atoms with Gasteiger partial charge < -0.3 is 10.1 Å². The molecular formula is C20H22N4O4. The monoisotopic (exact) mass is 382 g/mol. The molecule has 8 nitrogen and oxygen atoms in total. The number of fused-ring (bicyclic) bond motifs is 1. The van der Waals surface area contributed by atoms with Crippen LogP contribution in [-0.2, 0) is 11.8 Å². The largest absolute Gasteiger partial charge is 0.497 e. The molecule has 0 aliphatic carbocycles. The molecule has 0 saturated carbocycles. The quantitative estimate of drug-likeness (QED) is 0.744. The molecule has 0 spiro atoms. The Kier molecular flexibility index (Phi) is 5.04. The summed E-state index contributed by atoms with van der Waals surface area (Å²) in [6, 6.07) is 7.61. The highest BCUT2D eigenvalue weighted by Crippen LogP contribution is 2.18. The van der Waals surface area contributed by atoms with Gasteiger partial charge in [-0.1, -0.05) is 6.07 Å². The molecule has 1 amide bonds. The molecule has 1 aromatic carbocycles. The van der Waals surface area contributed by atoms with E-state index >= 15 is 0 Å². The number of amides is 1. The van der Waals surface area contributed by atoms with Gasteiger partial charge in [0.2, 0.25) is 5.91 Å². The van der Waals surface area contributed by atoms with E-state index in [0.29, 0.717) is 33.7 Å². The van der Waals surface area contributed by atoms with Gasteiger partial charge >= 0.3 is 5.69 Å². The van der Waals surface area contributed by atoms with Crippen LogP contribution in [0.4, 0.5) is 5.69 Å². The summed E-state index contributed by atoms with van der Waals surface area (Å²) in [6.45, 7) is 5.10. The van der Waals surface area contributed by atoms with Crippen molar-refractivity contribution in [2.45, 2.75) is 26.8 Å². The second-order valence-electron chi connectivity index (χ2n) is 6.69. The smallest absolute Gasteiger partial charge is 0.333 e. The van der Waals surface area contributed by atoms with Crippen LogP contribution in [0, 0.1) is 13.8 Å². The average Bonchev–Trinajstić information content (AvgIpc) is 2.65. The highest BCUT2D eigenvalue weighted by molar-refractivity contribution is 5.93. The first-order valence-electron chi connectivity index (χ1n) is 8.79. The average molecular weight is 382 g/mol. The number of anilines is 1. The van der Waals surface area contributed by atoms with Crippen molar-refractivity contribution >= 4 is 22.6 Å². The summed E-state index contributed by atoms with van der Waals surface area (Å²) in [4.78, 5) is 42.9. The zero-order valence-corrected chi connectivity index (χ0v) is 16.4. The summed E-state index contributed by atoms with van der Waals surface area (Å²) in [5, 5.41) is 3.05. The molecule has 0 bridgehead atoms. The minimum atomic E-state index is -1.01. The zero-order valence-electron chi connectivity index (χ0n) is 16.4. The fourth-order valence-corrected chi connectivity index (χ4v) is 3.19. The SMILES string of the molecule is COc1cccc(NC(=O)[C@H](C)n2c(=O)c3c(C)cc(C)nc3n(C)c2=O)c1. The van der Waals surface area contributed by atoms with Gasteiger partial charge in [-0.15, -0.1) is 0 Å². The normalized spacial score (nSPS) is 12.0. The van der Waals surface area contributed by atoms with Crippen LogP contribution in [0.25, 0.3) is 11.0 Å². The molecule has 2 aromatic heterocycles. The van der Waals surface area contributed by atoms with Crippen LogP contribution in [0.2, 0.25) is 0 Å². The number of ether oxygens (including phenoxy) is 1. The molecular weight excluding hydrogens is 360 g/mol. The van der Waals surface area contributed by atoms with Crippen LogP contribution in [0.15, 0.2) is 39.9 Å². The Morgan fingerprint density at radius 1 is 1.21 bits per heavy atom. The number of hydrogen-bond acceptors (Lipinski definition) is 5. The highest BCUT2D eigenvalue weighted by Gasteiger charge is 2.23. The first-order valence-corrected chi connectivity index (χ1v) is 8.79. The van der Waals surface area contributed by atoms with Gasteiger partial charge in [0.25, 0.3) is 5.56 Å². The molecule has 0 unspecified atom stereocenters. The molecule has 0 aliphatic rings. The maximum absolute atomic E-state index is 13.0. The Labute approximate surface area is 161 Å². The van der Waals surface area contributed by atoms with E-state index < -0.39 is 23.2 Å². The molecule has 0 radical (unpaired) electrons. The third-order valence-electron chi connectivity index (χ3n) is 4.67. The Balaban J connectivity index is 2.08. The van der Waals surface area contributed by atoms with Gasteiger partial charge in [0.05, 0.1) is 12.5 Å². The first-order chi connectivity index (χ1) is 13.2. The molecule has 8 heteroatoms. The van der Waals surface area contributed by atoms with Gasteiger partial charge in [0.15, 0.2) is 0 Å². The number of methoxy groups -OCH3 is 1. The summed E-state index contributed by atoms with van der Waals surface area (Å²) >= 11 is 0. The Morgan fingerprint density at radius 2 is 1.93 bits per heavy atom. The van der Waals surface area contributed by atoms with Crippen molar-refractivity contribution in [3.63, 3.8) is 0 Å². The number of hydrogen-bond donors (Lipinski definition) is 1. The second-order valence-corrected chi connectivity index (χ2v) is 6.69. The number of aromatic nitrogens is 3. The van der Waals surface area contributed by atoms with E-state index in [1.54, 1.807) is 51.2 Å². The summed E-state index contributed by atoms with van der Waals surface area (Å²) in [5.74, 6) is 0.103. The number of carbonyl (C=O) groups is 1. The number of nitrogens with zero attached hydrogens (tertiary/aromatic N) is 3. The Morgan fingerprint density at radius 3 is 2.61 bits per heavy atom. The van der Waals surface area contributed by atoms with Gasteiger partial charge in [0, 0.05) is 24.5 Å². The van der Waals surface area contributed by atoms with E-state index in [1.807, 2.05) is 0 Å². The van der Waals surface area contributed by atoms with Crippen molar-refractivity contribution in [1.82, 2.24) is 14.1 Å². The fourth-order valence-electron chi connectivity index (χ4n) is 3.19. The lowest BCUT2D eigenvalue weighted by atomic mass is 10.1. The maximum atomic E-state index is 13.0. The van der Waals surface area contributed by atoms with Crippen LogP contribution in [0.5, 0.6) is 5.75 Å². The summed E-state index contributed by atoms with van der Waals surface area (Å²) in [7, 11) is 3.07. The number of rotatable bonds is 4. The summed E-state index contributed by atoms with van der Waals surface area (Å²) in [5.41, 5.74) is 1.11. The summed E-state index contributed by atoms with van der Waals surface area (Å²) < 4.78 is 7.40. The van der Waals surface area contributed by atoms with Crippen molar-refractivity contribution in [2.24, 2.45) is 7.05 Å².